The Bertz CT molecular complexity index is 423. The Labute approximate surface area is 92.5 Å². The van der Waals surface area contributed by atoms with E-state index in [1.165, 1.54) is 0 Å². The lowest BCUT2D eigenvalue weighted by molar-refractivity contribution is -0.386. The van der Waals surface area contributed by atoms with Crippen LogP contribution >= 0.6 is 0 Å². The van der Waals surface area contributed by atoms with Gasteiger partial charge in [-0.2, -0.15) is 18.2 Å². The Balaban J connectivity index is 2.97. The summed E-state index contributed by atoms with van der Waals surface area (Å²) in [5.41, 5.74) is 1.36. The number of hydrogen-bond acceptors (Lipinski definition) is 6. The lowest BCUT2D eigenvalue weighted by Gasteiger charge is -2.09. The number of nitrogens with two attached hydrogens (primary N) is 1. The first-order valence-corrected chi connectivity index (χ1v) is 4.15. The maximum atomic E-state index is 11.9. The number of nitro groups is 1. The number of aromatic nitrogens is 1. The van der Waals surface area contributed by atoms with Crippen LogP contribution in [0.4, 0.5) is 24.7 Å². The molecule has 1 aromatic rings. The molecule has 0 aliphatic rings. The average molecular weight is 252 g/mol. The van der Waals surface area contributed by atoms with Gasteiger partial charge in [-0.25, -0.2) is 5.84 Å². The molecule has 1 heterocycles. The standard InChI is InChI=1S/C7H7F3N4O3/c8-7(9,10)3-17-6-4(14(15)16)1-2-5(12-6)13-11/h1-2H,3,11H2,(H,12,13). The number of hydrazine groups is 1. The summed E-state index contributed by atoms with van der Waals surface area (Å²) in [6, 6.07) is 2.08. The van der Waals surface area contributed by atoms with E-state index in [2.05, 4.69) is 9.72 Å². The highest BCUT2D eigenvalue weighted by Crippen LogP contribution is 2.27. The van der Waals surface area contributed by atoms with Crippen molar-refractivity contribution < 1.29 is 22.8 Å². The summed E-state index contributed by atoms with van der Waals surface area (Å²) in [7, 11) is 0. The van der Waals surface area contributed by atoms with Crippen LogP contribution in [0.1, 0.15) is 0 Å². The number of halogens is 3. The third-order valence-corrected chi connectivity index (χ3v) is 1.56. The zero-order valence-corrected chi connectivity index (χ0v) is 8.19. The van der Waals surface area contributed by atoms with Crippen LogP contribution < -0.4 is 16.0 Å². The zero-order valence-electron chi connectivity index (χ0n) is 8.19. The predicted octanol–water partition coefficient (Wildman–Crippen LogP) is 1.22. The molecule has 0 bridgehead atoms. The molecule has 1 aromatic heterocycles. The Morgan fingerprint density at radius 1 is 1.53 bits per heavy atom. The van der Waals surface area contributed by atoms with Crippen molar-refractivity contribution in [2.45, 2.75) is 6.18 Å². The third kappa shape index (κ3) is 3.75. The van der Waals surface area contributed by atoms with E-state index < -0.39 is 29.3 Å². The second kappa shape index (κ2) is 4.82. The summed E-state index contributed by atoms with van der Waals surface area (Å²) in [6.45, 7) is -1.67. The molecule has 0 fully saturated rings. The number of anilines is 1. The van der Waals surface area contributed by atoms with E-state index in [-0.39, 0.29) is 5.82 Å². The summed E-state index contributed by atoms with van der Waals surface area (Å²) in [6.07, 6.45) is -4.61. The molecular weight excluding hydrogens is 245 g/mol. The second-order valence-electron chi connectivity index (χ2n) is 2.83. The van der Waals surface area contributed by atoms with E-state index in [4.69, 9.17) is 5.84 Å². The third-order valence-electron chi connectivity index (χ3n) is 1.56. The summed E-state index contributed by atoms with van der Waals surface area (Å²) in [5, 5.41) is 10.5. The van der Waals surface area contributed by atoms with E-state index in [9.17, 15) is 23.3 Å². The van der Waals surface area contributed by atoms with Gasteiger partial charge in [-0.3, -0.25) is 10.1 Å². The molecule has 0 aliphatic carbocycles. The molecule has 10 heteroatoms. The molecule has 0 saturated carbocycles. The van der Waals surface area contributed by atoms with Gasteiger partial charge in [0.25, 0.3) is 5.88 Å². The molecule has 0 unspecified atom stereocenters. The molecule has 7 nitrogen and oxygen atoms in total. The van der Waals surface area contributed by atoms with Crippen molar-refractivity contribution in [1.29, 1.82) is 0 Å². The average Bonchev–Trinajstić information content (AvgIpc) is 2.24. The van der Waals surface area contributed by atoms with Crippen LogP contribution in [0.5, 0.6) is 5.88 Å². The van der Waals surface area contributed by atoms with Crippen LogP contribution in [0.2, 0.25) is 0 Å². The number of hydrogen-bond donors (Lipinski definition) is 2. The van der Waals surface area contributed by atoms with Crippen molar-refractivity contribution in [2.24, 2.45) is 5.84 Å². The first-order valence-electron chi connectivity index (χ1n) is 4.15. The number of alkyl halides is 3. The van der Waals surface area contributed by atoms with Crippen LogP contribution in [-0.2, 0) is 0 Å². The largest absolute Gasteiger partial charge is 0.463 e. The van der Waals surface area contributed by atoms with Gasteiger partial charge in [-0.15, -0.1) is 0 Å². The molecular formula is C7H7F3N4O3. The molecule has 0 saturated heterocycles. The zero-order chi connectivity index (χ0) is 13.1. The Hall–Kier alpha value is -2.10. The monoisotopic (exact) mass is 252 g/mol. The molecule has 3 N–H and O–H groups in total. The van der Waals surface area contributed by atoms with Crippen molar-refractivity contribution in [3.8, 4) is 5.88 Å². The topological polar surface area (TPSA) is 103 Å². The van der Waals surface area contributed by atoms with E-state index >= 15 is 0 Å². The first-order chi connectivity index (χ1) is 7.83. The fourth-order valence-electron chi connectivity index (χ4n) is 0.909. The van der Waals surface area contributed by atoms with Gasteiger partial charge in [0.1, 0.15) is 5.82 Å². The fourth-order valence-corrected chi connectivity index (χ4v) is 0.909. The van der Waals surface area contributed by atoms with Gasteiger partial charge >= 0.3 is 11.9 Å². The van der Waals surface area contributed by atoms with Crippen LogP contribution in [0.25, 0.3) is 0 Å². The maximum Gasteiger partial charge on any atom is 0.422 e. The van der Waals surface area contributed by atoms with Gasteiger partial charge in [0.2, 0.25) is 0 Å². The summed E-state index contributed by atoms with van der Waals surface area (Å²) in [4.78, 5) is 13.0. The van der Waals surface area contributed by atoms with Gasteiger partial charge in [-0.05, 0) is 6.07 Å². The molecule has 0 aliphatic heterocycles. The SMILES string of the molecule is NNc1ccc([N+](=O)[O-])c(OCC(F)(F)F)n1. The van der Waals surface area contributed by atoms with Crippen LogP contribution in [0.3, 0.4) is 0 Å². The van der Waals surface area contributed by atoms with Crippen molar-refractivity contribution in [2.75, 3.05) is 12.0 Å². The summed E-state index contributed by atoms with van der Waals surface area (Å²) >= 11 is 0. The lowest BCUT2D eigenvalue weighted by Crippen LogP contribution is -2.20. The Morgan fingerprint density at radius 2 is 2.18 bits per heavy atom. The highest BCUT2D eigenvalue weighted by Gasteiger charge is 2.30. The smallest absolute Gasteiger partial charge is 0.422 e. The molecule has 17 heavy (non-hydrogen) atoms. The number of rotatable bonds is 4. The number of nitrogen functional groups attached to an aromatic ring is 1. The highest BCUT2D eigenvalue weighted by molar-refractivity contribution is 5.48. The van der Waals surface area contributed by atoms with E-state index in [1.54, 1.807) is 0 Å². The summed E-state index contributed by atoms with van der Waals surface area (Å²) in [5.74, 6) is 4.17. The van der Waals surface area contributed by atoms with Gasteiger partial charge in [-0.1, -0.05) is 0 Å². The maximum absolute atomic E-state index is 11.9. The minimum Gasteiger partial charge on any atom is -0.463 e. The molecule has 0 amide bonds. The highest BCUT2D eigenvalue weighted by atomic mass is 19.4. The number of nitrogens with one attached hydrogen (secondary N) is 1. The van der Waals surface area contributed by atoms with Gasteiger partial charge in [0, 0.05) is 6.07 Å². The quantitative estimate of drug-likeness (QED) is 0.474. The molecule has 0 spiro atoms. The predicted molar refractivity (Wildman–Crippen MR) is 50.3 cm³/mol. The van der Waals surface area contributed by atoms with Crippen LogP contribution in [-0.4, -0.2) is 22.7 Å². The first kappa shape index (κ1) is 13.0. The van der Waals surface area contributed by atoms with Crippen molar-refractivity contribution in [3.63, 3.8) is 0 Å². The summed E-state index contributed by atoms with van der Waals surface area (Å²) < 4.78 is 39.9. The molecule has 0 atom stereocenters. The minimum atomic E-state index is -4.61. The normalized spacial score (nSPS) is 11.1. The van der Waals surface area contributed by atoms with Gasteiger partial charge < -0.3 is 10.2 Å². The Kier molecular flexibility index (Phi) is 3.68. The second-order valence-corrected chi connectivity index (χ2v) is 2.83. The van der Waals surface area contributed by atoms with Gasteiger partial charge in [0.05, 0.1) is 4.92 Å². The van der Waals surface area contributed by atoms with Crippen LogP contribution in [0, 0.1) is 10.1 Å². The molecule has 94 valence electrons. The molecule has 1 rings (SSSR count). The molecule has 0 radical (unpaired) electrons. The lowest BCUT2D eigenvalue weighted by atomic mass is 10.4. The number of ether oxygens (including phenoxy) is 1. The number of nitrogens with zero attached hydrogens (tertiary/aromatic N) is 2. The molecule has 0 aromatic carbocycles. The number of pyridine rings is 1. The van der Waals surface area contributed by atoms with Crippen molar-refractivity contribution >= 4 is 11.5 Å². The van der Waals surface area contributed by atoms with Crippen LogP contribution in [0.15, 0.2) is 12.1 Å². The van der Waals surface area contributed by atoms with E-state index in [1.807, 2.05) is 5.43 Å². The Morgan fingerprint density at radius 3 is 2.65 bits per heavy atom. The van der Waals surface area contributed by atoms with Gasteiger partial charge in [0.15, 0.2) is 6.61 Å². The van der Waals surface area contributed by atoms with Crippen molar-refractivity contribution in [3.05, 3.63) is 22.2 Å². The van der Waals surface area contributed by atoms with Crippen molar-refractivity contribution in [1.82, 2.24) is 4.98 Å². The van der Waals surface area contributed by atoms with E-state index in [0.29, 0.717) is 0 Å². The fraction of sp³-hybridized carbons (Fsp3) is 0.286. The van der Waals surface area contributed by atoms with E-state index in [0.717, 1.165) is 12.1 Å². The minimum absolute atomic E-state index is 0.0484.